The SMILES string of the molecule is CO[C@@H]1CCC[C@]12CCCN(S(=O)(=O)c1ccccc1C(F)(F)F)C2. The Morgan fingerprint density at radius 1 is 1.20 bits per heavy atom. The first kappa shape index (κ1) is 18.7. The van der Waals surface area contributed by atoms with Crippen molar-refractivity contribution >= 4 is 10.0 Å². The normalized spacial score (nSPS) is 28.6. The Kier molecular flexibility index (Phi) is 4.89. The number of nitrogens with zero attached hydrogens (tertiary/aromatic N) is 1. The van der Waals surface area contributed by atoms with Gasteiger partial charge in [0, 0.05) is 25.6 Å². The monoisotopic (exact) mass is 377 g/mol. The molecule has 2 aliphatic rings. The topological polar surface area (TPSA) is 46.6 Å². The molecular formula is C17H22F3NO3S. The number of hydrogen-bond donors (Lipinski definition) is 0. The highest BCUT2D eigenvalue weighted by Gasteiger charge is 2.49. The maximum Gasteiger partial charge on any atom is 0.417 e. The molecule has 0 aromatic heterocycles. The van der Waals surface area contributed by atoms with Crippen LogP contribution in [0.15, 0.2) is 29.2 Å². The maximum atomic E-state index is 13.3. The Balaban J connectivity index is 1.96. The second-order valence-corrected chi connectivity index (χ2v) is 8.82. The lowest BCUT2D eigenvalue weighted by Crippen LogP contribution is -2.49. The summed E-state index contributed by atoms with van der Waals surface area (Å²) >= 11 is 0. The lowest BCUT2D eigenvalue weighted by molar-refractivity contribution is -0.139. The van der Waals surface area contributed by atoms with Crippen molar-refractivity contribution < 1.29 is 26.3 Å². The summed E-state index contributed by atoms with van der Waals surface area (Å²) in [6.45, 7) is 0.465. The molecule has 1 aromatic carbocycles. The maximum absolute atomic E-state index is 13.3. The van der Waals surface area contributed by atoms with Gasteiger partial charge in [0.05, 0.1) is 16.6 Å². The fourth-order valence-electron chi connectivity index (χ4n) is 4.33. The predicted molar refractivity (Wildman–Crippen MR) is 86.5 cm³/mol. The van der Waals surface area contributed by atoms with Crippen LogP contribution in [-0.2, 0) is 20.9 Å². The van der Waals surface area contributed by atoms with Crippen LogP contribution < -0.4 is 0 Å². The molecule has 4 nitrogen and oxygen atoms in total. The van der Waals surface area contributed by atoms with Crippen molar-refractivity contribution in [2.45, 2.75) is 49.3 Å². The van der Waals surface area contributed by atoms with Crippen molar-refractivity contribution in [1.29, 1.82) is 0 Å². The minimum atomic E-state index is -4.71. The number of sulfonamides is 1. The fourth-order valence-corrected chi connectivity index (χ4v) is 6.12. The summed E-state index contributed by atoms with van der Waals surface area (Å²) in [5.41, 5.74) is -1.39. The molecule has 2 fully saturated rings. The Bertz CT molecular complexity index is 735. The van der Waals surface area contributed by atoms with Crippen molar-refractivity contribution in [3.05, 3.63) is 29.8 Å². The highest BCUT2D eigenvalue weighted by molar-refractivity contribution is 7.89. The molecule has 2 atom stereocenters. The molecule has 0 N–H and O–H groups in total. The van der Waals surface area contributed by atoms with Gasteiger partial charge < -0.3 is 4.74 Å². The smallest absolute Gasteiger partial charge is 0.381 e. The number of piperidine rings is 1. The largest absolute Gasteiger partial charge is 0.417 e. The average Bonchev–Trinajstić information content (AvgIpc) is 2.96. The minimum absolute atomic E-state index is 0.0386. The van der Waals surface area contributed by atoms with Gasteiger partial charge in [0.2, 0.25) is 10.0 Å². The van der Waals surface area contributed by atoms with Crippen molar-refractivity contribution in [1.82, 2.24) is 4.31 Å². The Labute approximate surface area is 146 Å². The molecule has 8 heteroatoms. The van der Waals surface area contributed by atoms with E-state index in [1.807, 2.05) is 0 Å². The molecule has 140 valence electrons. The van der Waals surface area contributed by atoms with Crippen LogP contribution in [0.3, 0.4) is 0 Å². The Morgan fingerprint density at radius 3 is 2.56 bits per heavy atom. The molecule has 1 aliphatic carbocycles. The third-order valence-electron chi connectivity index (χ3n) is 5.49. The van der Waals surface area contributed by atoms with E-state index >= 15 is 0 Å². The molecule has 0 amide bonds. The zero-order chi connectivity index (χ0) is 18.3. The first-order chi connectivity index (χ1) is 11.7. The number of ether oxygens (including phenoxy) is 1. The standard InChI is InChI=1S/C17H22F3NO3S/c1-24-15-8-4-9-16(15)10-5-11-21(12-16)25(22,23)14-7-3-2-6-13(14)17(18,19)20/h2-3,6-7,15H,4-5,8-12H2,1H3/t15-,16-/m1/s1. The lowest BCUT2D eigenvalue weighted by Gasteiger charge is -2.43. The summed E-state index contributed by atoms with van der Waals surface area (Å²) in [4.78, 5) is -0.661. The molecule has 0 unspecified atom stereocenters. The molecule has 1 spiro atoms. The van der Waals surface area contributed by atoms with E-state index in [9.17, 15) is 21.6 Å². The summed E-state index contributed by atoms with van der Waals surface area (Å²) in [5, 5.41) is 0. The molecular weight excluding hydrogens is 355 g/mol. The summed E-state index contributed by atoms with van der Waals surface area (Å²) < 4.78 is 72.5. The summed E-state index contributed by atoms with van der Waals surface area (Å²) in [6, 6.07) is 4.40. The Morgan fingerprint density at radius 2 is 1.88 bits per heavy atom. The molecule has 0 bridgehead atoms. The van der Waals surface area contributed by atoms with Gasteiger partial charge in [-0.15, -0.1) is 0 Å². The highest BCUT2D eigenvalue weighted by atomic mass is 32.2. The van der Waals surface area contributed by atoms with Crippen LogP contribution in [0.4, 0.5) is 13.2 Å². The van der Waals surface area contributed by atoms with E-state index < -0.39 is 26.7 Å². The van der Waals surface area contributed by atoms with E-state index in [2.05, 4.69) is 0 Å². The average molecular weight is 377 g/mol. The molecule has 25 heavy (non-hydrogen) atoms. The van der Waals surface area contributed by atoms with Crippen LogP contribution in [0.5, 0.6) is 0 Å². The third kappa shape index (κ3) is 3.31. The van der Waals surface area contributed by atoms with Gasteiger partial charge in [0.15, 0.2) is 0 Å². The Hall–Kier alpha value is -1.12. The minimum Gasteiger partial charge on any atom is -0.381 e. The van der Waals surface area contributed by atoms with Crippen molar-refractivity contribution in [3.8, 4) is 0 Å². The molecule has 3 rings (SSSR count). The van der Waals surface area contributed by atoms with Gasteiger partial charge in [-0.1, -0.05) is 18.6 Å². The number of methoxy groups -OCH3 is 1. The number of benzene rings is 1. The van der Waals surface area contributed by atoms with E-state index in [0.717, 1.165) is 37.8 Å². The molecule has 1 saturated carbocycles. The van der Waals surface area contributed by atoms with Gasteiger partial charge >= 0.3 is 6.18 Å². The van der Waals surface area contributed by atoms with Crippen LogP contribution in [0.1, 0.15) is 37.7 Å². The van der Waals surface area contributed by atoms with E-state index in [-0.39, 0.29) is 24.6 Å². The molecule has 1 saturated heterocycles. The first-order valence-electron chi connectivity index (χ1n) is 8.40. The summed E-state index contributed by atoms with van der Waals surface area (Å²) in [6.07, 6.45) is -0.609. The van der Waals surface area contributed by atoms with Crippen molar-refractivity contribution in [2.24, 2.45) is 5.41 Å². The number of halogens is 3. The van der Waals surface area contributed by atoms with Gasteiger partial charge in [-0.2, -0.15) is 17.5 Å². The van der Waals surface area contributed by atoms with Crippen LogP contribution in [-0.4, -0.2) is 39.0 Å². The predicted octanol–water partition coefficient (Wildman–Crippen LogP) is 3.68. The zero-order valence-corrected chi connectivity index (χ0v) is 14.9. The van der Waals surface area contributed by atoms with E-state index in [4.69, 9.17) is 4.74 Å². The van der Waals surface area contributed by atoms with Crippen LogP contribution in [0.2, 0.25) is 0 Å². The first-order valence-corrected chi connectivity index (χ1v) is 9.84. The molecule has 1 aromatic rings. The van der Waals surface area contributed by atoms with Gasteiger partial charge in [-0.25, -0.2) is 8.42 Å². The highest BCUT2D eigenvalue weighted by Crippen LogP contribution is 2.47. The third-order valence-corrected chi connectivity index (χ3v) is 7.40. The second kappa shape index (κ2) is 6.55. The van der Waals surface area contributed by atoms with E-state index in [0.29, 0.717) is 6.42 Å². The lowest BCUT2D eigenvalue weighted by atomic mass is 9.77. The van der Waals surface area contributed by atoms with Crippen molar-refractivity contribution in [3.63, 3.8) is 0 Å². The number of hydrogen-bond acceptors (Lipinski definition) is 3. The van der Waals surface area contributed by atoms with Gasteiger partial charge in [0.1, 0.15) is 0 Å². The van der Waals surface area contributed by atoms with E-state index in [1.54, 1.807) is 7.11 Å². The number of rotatable bonds is 3. The summed E-state index contributed by atoms with van der Waals surface area (Å²) in [5.74, 6) is 0. The molecule has 1 heterocycles. The van der Waals surface area contributed by atoms with Gasteiger partial charge in [-0.05, 0) is 37.8 Å². The van der Waals surface area contributed by atoms with Gasteiger partial charge in [-0.3, -0.25) is 0 Å². The fraction of sp³-hybridized carbons (Fsp3) is 0.647. The van der Waals surface area contributed by atoms with E-state index in [1.165, 1.54) is 16.4 Å². The second-order valence-electron chi connectivity index (χ2n) is 6.92. The quantitative estimate of drug-likeness (QED) is 0.807. The number of alkyl halides is 3. The summed E-state index contributed by atoms with van der Waals surface area (Å²) in [7, 11) is -2.60. The van der Waals surface area contributed by atoms with Crippen molar-refractivity contribution in [2.75, 3.05) is 20.2 Å². The van der Waals surface area contributed by atoms with Gasteiger partial charge in [0.25, 0.3) is 0 Å². The molecule has 0 radical (unpaired) electrons. The van der Waals surface area contributed by atoms with Crippen LogP contribution in [0, 0.1) is 5.41 Å². The molecule has 1 aliphatic heterocycles. The van der Waals surface area contributed by atoms with Crippen LogP contribution in [0.25, 0.3) is 0 Å². The van der Waals surface area contributed by atoms with Crippen LogP contribution >= 0.6 is 0 Å². The zero-order valence-electron chi connectivity index (χ0n) is 14.1.